The first-order valence-electron chi connectivity index (χ1n) is 10.4. The Morgan fingerprint density at radius 3 is 2.68 bits per heavy atom. The summed E-state index contributed by atoms with van der Waals surface area (Å²) in [5.74, 6) is 6.82. The zero-order chi connectivity index (χ0) is 21.2. The van der Waals surface area contributed by atoms with Gasteiger partial charge in [-0.15, -0.1) is 0 Å². The van der Waals surface area contributed by atoms with Crippen LogP contribution in [0.1, 0.15) is 44.2 Å². The normalized spacial score (nSPS) is 26.1. The summed E-state index contributed by atoms with van der Waals surface area (Å²) in [5.41, 5.74) is 1.15. The fourth-order valence-corrected chi connectivity index (χ4v) is 4.13. The highest BCUT2D eigenvalue weighted by molar-refractivity contribution is 5.82. The maximum Gasteiger partial charge on any atom is 0.204 e. The molecule has 0 aromatic carbocycles. The third kappa shape index (κ3) is 3.95. The van der Waals surface area contributed by atoms with Crippen LogP contribution >= 0.6 is 0 Å². The Morgan fingerprint density at radius 1 is 1.06 bits per heavy atom. The van der Waals surface area contributed by atoms with E-state index in [-0.39, 0.29) is 6.42 Å². The van der Waals surface area contributed by atoms with E-state index >= 15 is 0 Å². The van der Waals surface area contributed by atoms with Crippen LogP contribution in [0, 0.1) is 11.8 Å². The van der Waals surface area contributed by atoms with E-state index in [9.17, 15) is 10.2 Å². The molecule has 0 amide bonds. The lowest BCUT2D eigenvalue weighted by Crippen LogP contribution is -2.31. The fraction of sp³-hybridized carbons (Fsp3) is 0.476. The number of aliphatic hydroxyl groups is 2. The van der Waals surface area contributed by atoms with E-state index in [1.807, 2.05) is 0 Å². The van der Waals surface area contributed by atoms with Gasteiger partial charge in [-0.2, -0.15) is 0 Å². The van der Waals surface area contributed by atoms with Gasteiger partial charge in [0.05, 0.1) is 12.4 Å². The smallest absolute Gasteiger partial charge is 0.204 e. The van der Waals surface area contributed by atoms with Crippen molar-refractivity contribution < 1.29 is 14.9 Å². The van der Waals surface area contributed by atoms with E-state index in [1.165, 1.54) is 19.2 Å². The molecule has 0 spiro atoms. The number of nitrogens with one attached hydrogen (secondary N) is 1. The van der Waals surface area contributed by atoms with Crippen molar-refractivity contribution in [1.82, 2.24) is 29.5 Å². The van der Waals surface area contributed by atoms with Gasteiger partial charge in [0.15, 0.2) is 23.2 Å². The molecule has 0 bridgehead atoms. The van der Waals surface area contributed by atoms with Crippen molar-refractivity contribution in [3.8, 4) is 11.8 Å². The lowest BCUT2D eigenvalue weighted by Gasteiger charge is -2.17. The number of rotatable bonds is 4. The molecule has 2 fully saturated rings. The Hall–Kier alpha value is -3.13. The van der Waals surface area contributed by atoms with Crippen LogP contribution in [0.4, 0.5) is 5.82 Å². The minimum atomic E-state index is -1.14. The quantitative estimate of drug-likeness (QED) is 0.529. The Labute approximate surface area is 178 Å². The molecule has 31 heavy (non-hydrogen) atoms. The highest BCUT2D eigenvalue weighted by Gasteiger charge is 2.44. The first kappa shape index (κ1) is 19.8. The van der Waals surface area contributed by atoms with E-state index in [2.05, 4.69) is 42.1 Å². The molecule has 3 aromatic rings. The van der Waals surface area contributed by atoms with Crippen LogP contribution in [0.15, 0.2) is 31.1 Å². The van der Waals surface area contributed by atoms with E-state index in [0.29, 0.717) is 28.8 Å². The Morgan fingerprint density at radius 2 is 1.87 bits per heavy atom. The molecule has 5 rings (SSSR count). The molecule has 10 nitrogen and oxygen atoms in total. The molecular formula is C21H23N7O3. The summed E-state index contributed by atoms with van der Waals surface area (Å²) in [6.07, 6.45) is 7.40. The average Bonchev–Trinajstić information content (AvgIpc) is 3.51. The van der Waals surface area contributed by atoms with Crippen LogP contribution in [0.5, 0.6) is 0 Å². The van der Waals surface area contributed by atoms with Crippen LogP contribution in [0.2, 0.25) is 0 Å². The predicted octanol–water partition coefficient (Wildman–Crippen LogP) is 1.03. The lowest BCUT2D eigenvalue weighted by molar-refractivity contribution is -0.0332. The van der Waals surface area contributed by atoms with Crippen LogP contribution in [0.3, 0.4) is 0 Å². The molecule has 1 saturated carbocycles. The van der Waals surface area contributed by atoms with Crippen molar-refractivity contribution in [1.29, 1.82) is 0 Å². The van der Waals surface area contributed by atoms with E-state index < -0.39 is 24.5 Å². The Balaban J connectivity index is 1.34. The second kappa shape index (κ2) is 8.55. The van der Waals surface area contributed by atoms with Crippen molar-refractivity contribution in [2.45, 2.75) is 62.7 Å². The van der Waals surface area contributed by atoms with Gasteiger partial charge in [-0.3, -0.25) is 4.57 Å². The number of aliphatic hydroxyl groups excluding tert-OH is 2. The van der Waals surface area contributed by atoms with Gasteiger partial charge in [0.1, 0.15) is 18.5 Å². The molecule has 3 aromatic heterocycles. The third-order valence-corrected chi connectivity index (χ3v) is 5.74. The Kier molecular flexibility index (Phi) is 5.46. The summed E-state index contributed by atoms with van der Waals surface area (Å²) >= 11 is 0. The molecule has 1 saturated heterocycles. The largest absolute Gasteiger partial charge is 0.387 e. The van der Waals surface area contributed by atoms with Crippen LogP contribution in [0.25, 0.3) is 11.2 Å². The molecular weight excluding hydrogens is 398 g/mol. The van der Waals surface area contributed by atoms with E-state index in [1.54, 1.807) is 29.4 Å². The molecule has 1 aliphatic carbocycles. The Bertz CT molecular complexity index is 1100. The van der Waals surface area contributed by atoms with Gasteiger partial charge in [0.25, 0.3) is 0 Å². The molecule has 4 heterocycles. The molecule has 160 valence electrons. The summed E-state index contributed by atoms with van der Waals surface area (Å²) in [7, 11) is 0. The van der Waals surface area contributed by atoms with Crippen molar-refractivity contribution >= 4 is 17.0 Å². The lowest BCUT2D eigenvalue weighted by atomic mass is 10.1. The summed E-state index contributed by atoms with van der Waals surface area (Å²) < 4.78 is 7.59. The standard InChI is InChI=1S/C21H23N7O3/c29-17-14(7-3-8-15-22-9-4-10-23-15)31-21(18(17)30)28-12-26-16-19(24-11-25-20(16)28)27-13-5-1-2-6-13/h4,9-14,17-18,21,29-30H,1-2,5-7H2,(H,24,25,27)/t14-,17-,18-,21-/m1/s1. The first-order chi connectivity index (χ1) is 15.2. The highest BCUT2D eigenvalue weighted by atomic mass is 16.6. The van der Waals surface area contributed by atoms with Gasteiger partial charge in [-0.1, -0.05) is 18.8 Å². The molecule has 2 aliphatic rings. The molecule has 0 radical (unpaired) electrons. The minimum Gasteiger partial charge on any atom is -0.387 e. The summed E-state index contributed by atoms with van der Waals surface area (Å²) in [6, 6.07) is 2.10. The number of ether oxygens (including phenoxy) is 1. The second-order valence-corrected chi connectivity index (χ2v) is 7.80. The number of anilines is 1. The van der Waals surface area contributed by atoms with Gasteiger partial charge < -0.3 is 20.3 Å². The molecule has 1 aliphatic heterocycles. The number of hydrogen-bond acceptors (Lipinski definition) is 9. The topological polar surface area (TPSA) is 131 Å². The number of aromatic nitrogens is 6. The SMILES string of the molecule is O[C@@H]1[C@H](O)[C@@H](CC#Cc2ncccn2)O[C@H]1n1cnc2c(NC3CCCC3)ncnc21. The van der Waals surface area contributed by atoms with Crippen molar-refractivity contribution in [2.24, 2.45) is 0 Å². The van der Waals surface area contributed by atoms with Gasteiger partial charge in [-0.25, -0.2) is 24.9 Å². The fourth-order valence-electron chi connectivity index (χ4n) is 4.13. The molecule has 3 N–H and O–H groups in total. The zero-order valence-electron chi connectivity index (χ0n) is 16.8. The van der Waals surface area contributed by atoms with Crippen molar-refractivity contribution in [3.63, 3.8) is 0 Å². The maximum atomic E-state index is 10.6. The van der Waals surface area contributed by atoms with Gasteiger partial charge >= 0.3 is 0 Å². The monoisotopic (exact) mass is 421 g/mol. The summed E-state index contributed by atoms with van der Waals surface area (Å²) in [5, 5.41) is 24.6. The number of fused-ring (bicyclic) bond motifs is 1. The van der Waals surface area contributed by atoms with Crippen LogP contribution in [-0.2, 0) is 4.74 Å². The molecule has 4 atom stereocenters. The zero-order valence-corrected chi connectivity index (χ0v) is 16.8. The first-order valence-corrected chi connectivity index (χ1v) is 10.4. The van der Waals surface area contributed by atoms with E-state index in [0.717, 1.165) is 12.8 Å². The number of nitrogens with zero attached hydrogens (tertiary/aromatic N) is 6. The van der Waals surface area contributed by atoms with Gasteiger partial charge in [0.2, 0.25) is 5.82 Å². The average molecular weight is 421 g/mol. The van der Waals surface area contributed by atoms with Crippen molar-refractivity contribution in [2.75, 3.05) is 5.32 Å². The summed E-state index contributed by atoms with van der Waals surface area (Å²) in [4.78, 5) is 21.2. The minimum absolute atomic E-state index is 0.225. The van der Waals surface area contributed by atoms with Crippen molar-refractivity contribution in [3.05, 3.63) is 36.9 Å². The van der Waals surface area contributed by atoms with Crippen LogP contribution in [-0.4, -0.2) is 64.1 Å². The number of hydrogen-bond donors (Lipinski definition) is 3. The van der Waals surface area contributed by atoms with Gasteiger partial charge in [-0.05, 0) is 24.8 Å². The number of imidazole rings is 1. The second-order valence-electron chi connectivity index (χ2n) is 7.80. The summed E-state index contributed by atoms with van der Waals surface area (Å²) in [6.45, 7) is 0. The molecule has 10 heteroatoms. The predicted molar refractivity (Wildman–Crippen MR) is 111 cm³/mol. The molecule has 0 unspecified atom stereocenters. The van der Waals surface area contributed by atoms with E-state index in [4.69, 9.17) is 4.74 Å². The third-order valence-electron chi connectivity index (χ3n) is 5.74. The maximum absolute atomic E-state index is 10.6. The van der Waals surface area contributed by atoms with Gasteiger partial charge in [0, 0.05) is 24.9 Å². The van der Waals surface area contributed by atoms with Crippen LogP contribution < -0.4 is 5.32 Å². The highest BCUT2D eigenvalue weighted by Crippen LogP contribution is 2.33.